The minimum atomic E-state index is -0.193. The molecule has 0 spiro atoms. The van der Waals surface area contributed by atoms with E-state index in [-0.39, 0.29) is 11.9 Å². The van der Waals surface area contributed by atoms with Gasteiger partial charge in [-0.25, -0.2) is 0 Å². The molecule has 1 aromatic rings. The molecule has 2 rings (SSSR count). The molecule has 1 fully saturated rings. The summed E-state index contributed by atoms with van der Waals surface area (Å²) < 4.78 is 0. The smallest absolute Gasteiger partial charge is 0.220 e. The molecule has 0 radical (unpaired) electrons. The van der Waals surface area contributed by atoms with E-state index in [0.717, 1.165) is 13.0 Å². The Labute approximate surface area is 113 Å². The molecule has 7 nitrogen and oxygen atoms in total. The minimum Gasteiger partial charge on any atom is -0.346 e. The Morgan fingerprint density at radius 3 is 2.89 bits per heavy atom. The van der Waals surface area contributed by atoms with Crippen molar-refractivity contribution >= 4 is 5.91 Å². The first-order valence-corrected chi connectivity index (χ1v) is 7.01. The SMILES string of the molecule is C[C@H](NC(=O)CCCN1CCCCC1)c1nn[nH]n1. The van der Waals surface area contributed by atoms with Crippen molar-refractivity contribution in [2.24, 2.45) is 0 Å². The van der Waals surface area contributed by atoms with Gasteiger partial charge < -0.3 is 10.2 Å². The minimum absolute atomic E-state index is 0.0503. The second-order valence-corrected chi connectivity index (χ2v) is 5.07. The zero-order valence-corrected chi connectivity index (χ0v) is 11.4. The largest absolute Gasteiger partial charge is 0.346 e. The fourth-order valence-electron chi connectivity index (χ4n) is 2.38. The summed E-state index contributed by atoms with van der Waals surface area (Å²) in [6.45, 7) is 5.24. The second-order valence-electron chi connectivity index (χ2n) is 5.07. The van der Waals surface area contributed by atoms with Gasteiger partial charge in [0.2, 0.25) is 5.91 Å². The predicted octanol–water partition coefficient (Wildman–Crippen LogP) is 0.643. The van der Waals surface area contributed by atoms with Crippen molar-refractivity contribution in [2.75, 3.05) is 19.6 Å². The van der Waals surface area contributed by atoms with Gasteiger partial charge in [0.15, 0.2) is 5.82 Å². The van der Waals surface area contributed by atoms with E-state index < -0.39 is 0 Å². The number of likely N-dealkylation sites (tertiary alicyclic amines) is 1. The van der Waals surface area contributed by atoms with E-state index in [1.165, 1.54) is 32.4 Å². The molecule has 2 N–H and O–H groups in total. The van der Waals surface area contributed by atoms with Crippen LogP contribution in [0.3, 0.4) is 0 Å². The first kappa shape index (κ1) is 13.9. The van der Waals surface area contributed by atoms with E-state index in [1.54, 1.807) is 0 Å². The number of piperidine rings is 1. The van der Waals surface area contributed by atoms with Crippen molar-refractivity contribution in [3.8, 4) is 0 Å². The number of carbonyl (C=O) groups excluding carboxylic acids is 1. The van der Waals surface area contributed by atoms with Crippen molar-refractivity contribution in [2.45, 2.75) is 45.1 Å². The third kappa shape index (κ3) is 4.59. The summed E-state index contributed by atoms with van der Waals surface area (Å²) >= 11 is 0. The van der Waals surface area contributed by atoms with E-state index in [0.29, 0.717) is 12.2 Å². The first-order chi connectivity index (χ1) is 9.25. The van der Waals surface area contributed by atoms with Crippen LogP contribution in [0.25, 0.3) is 0 Å². The lowest BCUT2D eigenvalue weighted by Gasteiger charge is -2.26. The summed E-state index contributed by atoms with van der Waals surface area (Å²) in [5.41, 5.74) is 0. The molecule has 0 saturated carbocycles. The average molecular weight is 266 g/mol. The maximum Gasteiger partial charge on any atom is 0.220 e. The molecule has 19 heavy (non-hydrogen) atoms. The Balaban J connectivity index is 1.61. The maximum absolute atomic E-state index is 11.8. The molecule has 0 unspecified atom stereocenters. The van der Waals surface area contributed by atoms with Crippen LogP contribution in [0.2, 0.25) is 0 Å². The van der Waals surface area contributed by atoms with Gasteiger partial charge in [-0.3, -0.25) is 4.79 Å². The molecule has 1 saturated heterocycles. The Bertz CT molecular complexity index is 374. The van der Waals surface area contributed by atoms with E-state index in [9.17, 15) is 4.79 Å². The zero-order chi connectivity index (χ0) is 13.5. The topological polar surface area (TPSA) is 86.8 Å². The van der Waals surface area contributed by atoms with Gasteiger partial charge in [-0.1, -0.05) is 11.6 Å². The van der Waals surface area contributed by atoms with Gasteiger partial charge in [0.05, 0.1) is 6.04 Å². The number of carbonyl (C=O) groups is 1. The van der Waals surface area contributed by atoms with E-state index in [1.807, 2.05) is 6.92 Å². The summed E-state index contributed by atoms with van der Waals surface area (Å²) in [6.07, 6.45) is 5.39. The van der Waals surface area contributed by atoms with Crippen LogP contribution in [-0.2, 0) is 4.79 Å². The van der Waals surface area contributed by atoms with Crippen molar-refractivity contribution in [3.63, 3.8) is 0 Å². The number of nitrogens with one attached hydrogen (secondary N) is 2. The number of hydrogen-bond donors (Lipinski definition) is 2. The molecule has 0 aliphatic carbocycles. The fourth-order valence-corrected chi connectivity index (χ4v) is 2.38. The van der Waals surface area contributed by atoms with Crippen molar-refractivity contribution in [1.29, 1.82) is 0 Å². The Hall–Kier alpha value is -1.50. The van der Waals surface area contributed by atoms with Crippen LogP contribution in [0, 0.1) is 0 Å². The van der Waals surface area contributed by atoms with Crippen LogP contribution in [0.5, 0.6) is 0 Å². The van der Waals surface area contributed by atoms with Crippen molar-refractivity contribution in [3.05, 3.63) is 5.82 Å². The van der Waals surface area contributed by atoms with Gasteiger partial charge in [-0.15, -0.1) is 10.2 Å². The summed E-state index contributed by atoms with van der Waals surface area (Å²) in [4.78, 5) is 14.2. The van der Waals surface area contributed by atoms with Crippen LogP contribution in [0.4, 0.5) is 0 Å². The second kappa shape index (κ2) is 7.18. The maximum atomic E-state index is 11.8. The highest BCUT2D eigenvalue weighted by atomic mass is 16.1. The van der Waals surface area contributed by atoms with Crippen LogP contribution >= 0.6 is 0 Å². The Morgan fingerprint density at radius 2 is 2.21 bits per heavy atom. The third-order valence-corrected chi connectivity index (χ3v) is 3.45. The molecule has 1 aliphatic rings. The number of rotatable bonds is 6. The summed E-state index contributed by atoms with van der Waals surface area (Å²) in [5, 5.41) is 16.4. The van der Waals surface area contributed by atoms with E-state index in [2.05, 4.69) is 30.8 Å². The van der Waals surface area contributed by atoms with Crippen LogP contribution < -0.4 is 5.32 Å². The zero-order valence-electron chi connectivity index (χ0n) is 11.4. The molecule has 1 aliphatic heterocycles. The molecule has 106 valence electrons. The molecular formula is C12H22N6O. The van der Waals surface area contributed by atoms with Gasteiger partial charge in [-0.05, 0) is 45.8 Å². The van der Waals surface area contributed by atoms with Crippen LogP contribution in [-0.4, -0.2) is 51.1 Å². The summed E-state index contributed by atoms with van der Waals surface area (Å²) in [6, 6.07) is -0.193. The lowest BCUT2D eigenvalue weighted by Crippen LogP contribution is -2.32. The molecule has 2 heterocycles. The number of amides is 1. The normalized spacial score (nSPS) is 18.2. The number of hydrogen-bond acceptors (Lipinski definition) is 5. The number of nitrogens with zero attached hydrogens (tertiary/aromatic N) is 4. The molecular weight excluding hydrogens is 244 g/mol. The highest BCUT2D eigenvalue weighted by molar-refractivity contribution is 5.76. The monoisotopic (exact) mass is 266 g/mol. The standard InChI is InChI=1S/C12H22N6O/c1-10(12-14-16-17-15-12)13-11(19)6-5-9-18-7-3-2-4-8-18/h10H,2-9H2,1H3,(H,13,19)(H,14,15,16,17)/t10-/m0/s1. The van der Waals surface area contributed by atoms with Gasteiger partial charge >= 0.3 is 0 Å². The quantitative estimate of drug-likeness (QED) is 0.789. The number of aromatic nitrogens is 4. The molecule has 1 aromatic heterocycles. The Kier molecular flexibility index (Phi) is 5.26. The van der Waals surface area contributed by atoms with Crippen molar-refractivity contribution < 1.29 is 4.79 Å². The highest BCUT2D eigenvalue weighted by Crippen LogP contribution is 2.10. The molecule has 0 bridgehead atoms. The third-order valence-electron chi connectivity index (χ3n) is 3.45. The number of tetrazole rings is 1. The van der Waals surface area contributed by atoms with Crippen molar-refractivity contribution in [1.82, 2.24) is 30.8 Å². The molecule has 1 amide bonds. The molecule has 7 heteroatoms. The summed E-state index contributed by atoms with van der Waals surface area (Å²) in [7, 11) is 0. The van der Waals surface area contributed by atoms with Gasteiger partial charge in [0, 0.05) is 6.42 Å². The number of H-pyrrole nitrogens is 1. The van der Waals surface area contributed by atoms with Gasteiger partial charge in [0.25, 0.3) is 0 Å². The highest BCUT2D eigenvalue weighted by Gasteiger charge is 2.14. The average Bonchev–Trinajstić information content (AvgIpc) is 2.94. The Morgan fingerprint density at radius 1 is 1.42 bits per heavy atom. The summed E-state index contributed by atoms with van der Waals surface area (Å²) in [5.74, 6) is 0.568. The lowest BCUT2D eigenvalue weighted by atomic mass is 10.1. The van der Waals surface area contributed by atoms with Crippen LogP contribution in [0.1, 0.15) is 50.9 Å². The first-order valence-electron chi connectivity index (χ1n) is 7.01. The predicted molar refractivity (Wildman–Crippen MR) is 70.3 cm³/mol. The van der Waals surface area contributed by atoms with Gasteiger partial charge in [0.1, 0.15) is 0 Å². The van der Waals surface area contributed by atoms with E-state index in [4.69, 9.17) is 0 Å². The number of aromatic amines is 1. The van der Waals surface area contributed by atoms with E-state index >= 15 is 0 Å². The lowest BCUT2D eigenvalue weighted by molar-refractivity contribution is -0.121. The van der Waals surface area contributed by atoms with Gasteiger partial charge in [-0.2, -0.15) is 5.21 Å². The molecule has 1 atom stereocenters. The molecule has 0 aromatic carbocycles. The fraction of sp³-hybridized carbons (Fsp3) is 0.833. The van der Waals surface area contributed by atoms with Crippen LogP contribution in [0.15, 0.2) is 0 Å².